The number of aryl methyl sites for hydroxylation is 2. The summed E-state index contributed by atoms with van der Waals surface area (Å²) in [5.74, 6) is -0.746. The van der Waals surface area contributed by atoms with Crippen LogP contribution in [0.1, 0.15) is 16.7 Å². The molecule has 0 atom stereocenters. The zero-order valence-electron chi connectivity index (χ0n) is 16.1. The van der Waals surface area contributed by atoms with Gasteiger partial charge in [0.25, 0.3) is 11.8 Å². The summed E-state index contributed by atoms with van der Waals surface area (Å²) in [6, 6.07) is 21.9. The average Bonchev–Trinajstić information content (AvgIpc) is 2.96. The summed E-state index contributed by atoms with van der Waals surface area (Å²) in [6.45, 7) is 3.88. The number of amides is 2. The minimum Gasteiger partial charge on any atom is -0.350 e. The van der Waals surface area contributed by atoms with Crippen LogP contribution in [0.3, 0.4) is 0 Å². The van der Waals surface area contributed by atoms with Gasteiger partial charge < -0.3 is 5.32 Å². The number of carbonyl (C=O) groups is 2. The number of rotatable bonds is 4. The number of nitrogens with one attached hydrogen (secondary N) is 1. The molecule has 0 saturated carbocycles. The van der Waals surface area contributed by atoms with Gasteiger partial charge in [0, 0.05) is 10.7 Å². The third-order valence-corrected chi connectivity index (χ3v) is 5.13. The van der Waals surface area contributed by atoms with Gasteiger partial charge in [-0.3, -0.25) is 9.59 Å². The van der Waals surface area contributed by atoms with Crippen molar-refractivity contribution in [3.63, 3.8) is 0 Å². The van der Waals surface area contributed by atoms with Crippen LogP contribution in [0, 0.1) is 13.8 Å². The van der Waals surface area contributed by atoms with Gasteiger partial charge >= 0.3 is 0 Å². The van der Waals surface area contributed by atoms with Crippen LogP contribution >= 0.6 is 11.6 Å². The Morgan fingerprint density at radius 1 is 0.828 bits per heavy atom. The van der Waals surface area contributed by atoms with E-state index in [0.717, 1.165) is 11.1 Å². The molecule has 0 saturated heterocycles. The van der Waals surface area contributed by atoms with E-state index in [1.54, 1.807) is 24.3 Å². The molecular weight excluding hydrogens is 384 g/mol. The van der Waals surface area contributed by atoms with E-state index >= 15 is 0 Å². The highest BCUT2D eigenvalue weighted by Gasteiger charge is 2.40. The Kier molecular flexibility index (Phi) is 4.95. The molecule has 0 spiro atoms. The molecule has 0 unspecified atom stereocenters. The Bertz CT molecular complexity index is 1140. The minimum absolute atomic E-state index is 0.243. The third-order valence-electron chi connectivity index (χ3n) is 4.90. The fourth-order valence-corrected chi connectivity index (χ4v) is 3.48. The molecule has 3 aromatic rings. The van der Waals surface area contributed by atoms with Gasteiger partial charge in [0.05, 0.1) is 11.3 Å². The van der Waals surface area contributed by atoms with E-state index in [2.05, 4.69) is 5.32 Å². The highest BCUT2D eigenvalue weighted by Crippen LogP contribution is 2.34. The van der Waals surface area contributed by atoms with Crippen molar-refractivity contribution < 1.29 is 9.59 Å². The fraction of sp³-hybridized carbons (Fsp3) is 0.0833. The van der Waals surface area contributed by atoms with Crippen LogP contribution in [0.25, 0.3) is 5.57 Å². The maximum atomic E-state index is 13.3. The Hall–Kier alpha value is -3.37. The quantitative estimate of drug-likeness (QED) is 0.598. The van der Waals surface area contributed by atoms with Gasteiger partial charge in [0.2, 0.25) is 0 Å². The third kappa shape index (κ3) is 3.55. The maximum Gasteiger partial charge on any atom is 0.282 e. The molecule has 4 nitrogen and oxygen atoms in total. The van der Waals surface area contributed by atoms with Crippen molar-refractivity contribution in [1.82, 2.24) is 0 Å². The first-order chi connectivity index (χ1) is 14.0. The Morgan fingerprint density at radius 2 is 1.52 bits per heavy atom. The van der Waals surface area contributed by atoms with Gasteiger partial charge in [-0.2, -0.15) is 0 Å². The van der Waals surface area contributed by atoms with E-state index in [1.807, 2.05) is 62.4 Å². The summed E-state index contributed by atoms with van der Waals surface area (Å²) in [5.41, 5.74) is 4.47. The number of hydrogen-bond acceptors (Lipinski definition) is 3. The second kappa shape index (κ2) is 7.57. The molecule has 2 amide bonds. The van der Waals surface area contributed by atoms with Gasteiger partial charge in [-0.15, -0.1) is 0 Å². The van der Waals surface area contributed by atoms with Crippen molar-refractivity contribution in [2.75, 3.05) is 10.2 Å². The predicted molar refractivity (Wildman–Crippen MR) is 117 cm³/mol. The van der Waals surface area contributed by atoms with Crippen molar-refractivity contribution in [3.05, 3.63) is 100 Å². The lowest BCUT2D eigenvalue weighted by Crippen LogP contribution is -2.32. The first-order valence-corrected chi connectivity index (χ1v) is 9.62. The monoisotopic (exact) mass is 402 g/mol. The molecule has 0 aromatic heterocycles. The summed E-state index contributed by atoms with van der Waals surface area (Å²) in [4.78, 5) is 27.9. The molecule has 0 fully saturated rings. The van der Waals surface area contributed by atoms with Crippen LogP contribution in [-0.4, -0.2) is 11.8 Å². The second-order valence-corrected chi connectivity index (χ2v) is 7.42. The van der Waals surface area contributed by atoms with Crippen LogP contribution in [0.2, 0.25) is 5.02 Å². The average molecular weight is 403 g/mol. The van der Waals surface area contributed by atoms with Gasteiger partial charge in [-0.25, -0.2) is 4.90 Å². The topological polar surface area (TPSA) is 49.4 Å². The molecule has 1 N–H and O–H groups in total. The summed E-state index contributed by atoms with van der Waals surface area (Å²) in [5, 5.41) is 3.72. The molecule has 144 valence electrons. The lowest BCUT2D eigenvalue weighted by atomic mass is 10.0. The molecule has 0 radical (unpaired) electrons. The first-order valence-electron chi connectivity index (χ1n) is 9.24. The van der Waals surface area contributed by atoms with E-state index in [9.17, 15) is 9.59 Å². The molecule has 1 aliphatic heterocycles. The summed E-state index contributed by atoms with van der Waals surface area (Å²) >= 11 is 6.14. The molecular formula is C24H19ClN2O2. The Balaban J connectivity index is 1.83. The molecule has 1 aliphatic rings. The number of hydrogen-bond donors (Lipinski definition) is 1. The highest BCUT2D eigenvalue weighted by atomic mass is 35.5. The number of carbonyl (C=O) groups excluding carboxylic acids is 2. The number of imide groups is 1. The lowest BCUT2D eigenvalue weighted by molar-refractivity contribution is -0.120. The van der Waals surface area contributed by atoms with E-state index in [4.69, 9.17) is 11.6 Å². The van der Waals surface area contributed by atoms with Crippen molar-refractivity contribution >= 4 is 40.4 Å². The Labute approximate surface area is 174 Å². The molecule has 4 rings (SSSR count). The number of nitrogens with zero attached hydrogens (tertiary/aromatic N) is 1. The van der Waals surface area contributed by atoms with E-state index < -0.39 is 5.91 Å². The maximum absolute atomic E-state index is 13.3. The van der Waals surface area contributed by atoms with E-state index in [0.29, 0.717) is 27.5 Å². The van der Waals surface area contributed by atoms with Gasteiger partial charge in [-0.05, 0) is 49.2 Å². The predicted octanol–water partition coefficient (Wildman–Crippen LogP) is 5.35. The van der Waals surface area contributed by atoms with Gasteiger partial charge in [-0.1, -0.05) is 65.7 Å². The zero-order valence-corrected chi connectivity index (χ0v) is 16.8. The van der Waals surface area contributed by atoms with Crippen LogP contribution < -0.4 is 10.2 Å². The molecule has 5 heteroatoms. The highest BCUT2D eigenvalue weighted by molar-refractivity contribution is 6.46. The SMILES string of the molecule is Cc1ccc(N2C(=O)C(Nc3cc(Cl)ccc3C)=C(c3ccccc3)C2=O)cc1. The lowest BCUT2D eigenvalue weighted by Gasteiger charge is -2.16. The van der Waals surface area contributed by atoms with Crippen LogP contribution in [-0.2, 0) is 9.59 Å². The number of anilines is 2. The smallest absolute Gasteiger partial charge is 0.282 e. The van der Waals surface area contributed by atoms with E-state index in [-0.39, 0.29) is 11.6 Å². The summed E-state index contributed by atoms with van der Waals surface area (Å²) in [7, 11) is 0. The van der Waals surface area contributed by atoms with E-state index in [1.165, 1.54) is 4.90 Å². The van der Waals surface area contributed by atoms with Gasteiger partial charge in [0.15, 0.2) is 0 Å². The van der Waals surface area contributed by atoms with Crippen molar-refractivity contribution in [2.45, 2.75) is 13.8 Å². The number of halogens is 1. The molecule has 29 heavy (non-hydrogen) atoms. The molecule has 1 heterocycles. The molecule has 3 aromatic carbocycles. The number of benzene rings is 3. The second-order valence-electron chi connectivity index (χ2n) is 6.98. The minimum atomic E-state index is -0.392. The first kappa shape index (κ1) is 19.0. The summed E-state index contributed by atoms with van der Waals surface area (Å²) in [6.07, 6.45) is 0. The standard InChI is InChI=1S/C24H19ClN2O2/c1-15-8-12-19(13-9-15)27-23(28)21(17-6-4-3-5-7-17)22(24(27)29)26-20-14-18(25)11-10-16(20)2/h3-14,26H,1-2H3. The van der Waals surface area contributed by atoms with Crippen molar-refractivity contribution in [1.29, 1.82) is 0 Å². The van der Waals surface area contributed by atoms with Crippen LogP contribution in [0.5, 0.6) is 0 Å². The van der Waals surface area contributed by atoms with Crippen LogP contribution in [0.15, 0.2) is 78.5 Å². The Morgan fingerprint density at radius 3 is 2.21 bits per heavy atom. The van der Waals surface area contributed by atoms with Crippen molar-refractivity contribution in [2.24, 2.45) is 0 Å². The van der Waals surface area contributed by atoms with Crippen LogP contribution in [0.4, 0.5) is 11.4 Å². The molecule has 0 bridgehead atoms. The van der Waals surface area contributed by atoms with Gasteiger partial charge in [0.1, 0.15) is 5.70 Å². The normalized spacial score (nSPS) is 14.0. The van der Waals surface area contributed by atoms with Crippen molar-refractivity contribution in [3.8, 4) is 0 Å². The molecule has 0 aliphatic carbocycles. The zero-order chi connectivity index (χ0) is 20.5. The largest absolute Gasteiger partial charge is 0.350 e. The summed E-state index contributed by atoms with van der Waals surface area (Å²) < 4.78 is 0. The fourth-order valence-electron chi connectivity index (χ4n) is 3.31.